The third-order valence-corrected chi connectivity index (χ3v) is 5.67. The molecule has 0 saturated heterocycles. The molecule has 1 aliphatic heterocycles. The first-order chi connectivity index (χ1) is 15.2. The van der Waals surface area contributed by atoms with Gasteiger partial charge in [-0.3, -0.25) is 9.78 Å². The fraction of sp³-hybridized carbons (Fsp3) is 0.154. The minimum atomic E-state index is -0.302. The van der Waals surface area contributed by atoms with E-state index in [1.54, 1.807) is 18.5 Å². The Bertz CT molecular complexity index is 1250. The first-order valence-electron chi connectivity index (χ1n) is 10.3. The summed E-state index contributed by atoms with van der Waals surface area (Å²) in [5.41, 5.74) is 3.30. The quantitative estimate of drug-likeness (QED) is 0.517. The standard InChI is InChI=1S/C26H21FN2O2/c27-24-9-8-22(18-10-12-28-13-11-18)26-23(24)15-20(31-26)16-29-25(30)14-19-6-3-5-17-4-1-2-7-21(17)19/h1-13,20H,14-16H2,(H,29,30). The van der Waals surface area contributed by atoms with Crippen LogP contribution in [0.3, 0.4) is 0 Å². The fourth-order valence-electron chi connectivity index (χ4n) is 4.15. The second-order valence-electron chi connectivity index (χ2n) is 7.70. The number of carbonyl (C=O) groups excluding carboxylic acids is 1. The van der Waals surface area contributed by atoms with Gasteiger partial charge in [0.25, 0.3) is 0 Å². The minimum Gasteiger partial charge on any atom is -0.487 e. The van der Waals surface area contributed by atoms with E-state index in [0.717, 1.165) is 27.5 Å². The molecular weight excluding hydrogens is 391 g/mol. The van der Waals surface area contributed by atoms with E-state index in [1.807, 2.05) is 54.6 Å². The zero-order chi connectivity index (χ0) is 21.2. The van der Waals surface area contributed by atoms with Crippen molar-refractivity contribution in [2.45, 2.75) is 18.9 Å². The van der Waals surface area contributed by atoms with Gasteiger partial charge in [0.05, 0.1) is 13.0 Å². The zero-order valence-corrected chi connectivity index (χ0v) is 16.8. The summed E-state index contributed by atoms with van der Waals surface area (Å²) >= 11 is 0. The highest BCUT2D eigenvalue weighted by molar-refractivity contribution is 5.90. The Morgan fingerprint density at radius 1 is 1.03 bits per heavy atom. The van der Waals surface area contributed by atoms with Crippen molar-refractivity contribution in [3.05, 3.63) is 96.1 Å². The molecule has 2 heterocycles. The van der Waals surface area contributed by atoms with E-state index in [1.165, 1.54) is 6.07 Å². The number of nitrogens with zero attached hydrogens (tertiary/aromatic N) is 1. The van der Waals surface area contributed by atoms with E-state index in [-0.39, 0.29) is 24.2 Å². The molecule has 0 spiro atoms. The largest absolute Gasteiger partial charge is 0.487 e. The molecular formula is C26H21FN2O2. The molecule has 154 valence electrons. The number of carbonyl (C=O) groups is 1. The number of nitrogens with one attached hydrogen (secondary N) is 1. The molecule has 1 unspecified atom stereocenters. The van der Waals surface area contributed by atoms with Crippen LogP contribution in [-0.2, 0) is 17.6 Å². The van der Waals surface area contributed by atoms with Crippen LogP contribution in [0, 0.1) is 5.82 Å². The lowest BCUT2D eigenvalue weighted by Gasteiger charge is -2.14. The number of hydrogen-bond acceptors (Lipinski definition) is 3. The predicted octanol–water partition coefficient (Wildman–Crippen LogP) is 4.70. The van der Waals surface area contributed by atoms with Crippen LogP contribution >= 0.6 is 0 Å². The molecule has 0 saturated carbocycles. The van der Waals surface area contributed by atoms with Crippen LogP contribution in [0.15, 0.2) is 79.1 Å². The maximum Gasteiger partial charge on any atom is 0.224 e. The number of aromatic nitrogens is 1. The Kier molecular flexibility index (Phi) is 5.08. The van der Waals surface area contributed by atoms with Crippen molar-refractivity contribution in [3.63, 3.8) is 0 Å². The second-order valence-corrected chi connectivity index (χ2v) is 7.70. The van der Waals surface area contributed by atoms with Crippen molar-refractivity contribution in [2.24, 2.45) is 0 Å². The predicted molar refractivity (Wildman–Crippen MR) is 118 cm³/mol. The molecule has 4 nitrogen and oxygen atoms in total. The summed E-state index contributed by atoms with van der Waals surface area (Å²) in [7, 11) is 0. The third-order valence-electron chi connectivity index (χ3n) is 5.67. The van der Waals surface area contributed by atoms with Gasteiger partial charge in [-0.05, 0) is 46.2 Å². The van der Waals surface area contributed by atoms with Crippen molar-refractivity contribution in [3.8, 4) is 16.9 Å². The monoisotopic (exact) mass is 412 g/mol. The average Bonchev–Trinajstić information content (AvgIpc) is 3.24. The van der Waals surface area contributed by atoms with E-state index in [4.69, 9.17) is 4.74 Å². The SMILES string of the molecule is O=C(Cc1cccc2ccccc12)NCC1Cc2c(F)ccc(-c3ccncc3)c2O1. The molecule has 0 aliphatic carbocycles. The summed E-state index contributed by atoms with van der Waals surface area (Å²) in [4.78, 5) is 16.6. The van der Waals surface area contributed by atoms with Gasteiger partial charge in [0.1, 0.15) is 17.7 Å². The molecule has 0 bridgehead atoms. The lowest BCUT2D eigenvalue weighted by atomic mass is 10.0. The Labute approximate surface area is 179 Å². The smallest absolute Gasteiger partial charge is 0.224 e. The van der Waals surface area contributed by atoms with E-state index in [9.17, 15) is 9.18 Å². The number of benzene rings is 3. The van der Waals surface area contributed by atoms with Crippen molar-refractivity contribution >= 4 is 16.7 Å². The van der Waals surface area contributed by atoms with Gasteiger partial charge < -0.3 is 10.1 Å². The van der Waals surface area contributed by atoms with Crippen molar-refractivity contribution in [1.29, 1.82) is 0 Å². The van der Waals surface area contributed by atoms with E-state index in [2.05, 4.69) is 10.3 Å². The highest BCUT2D eigenvalue weighted by Crippen LogP contribution is 2.40. The second kappa shape index (κ2) is 8.19. The Morgan fingerprint density at radius 3 is 2.71 bits per heavy atom. The van der Waals surface area contributed by atoms with Gasteiger partial charge >= 0.3 is 0 Å². The number of amides is 1. The number of pyridine rings is 1. The molecule has 31 heavy (non-hydrogen) atoms. The van der Waals surface area contributed by atoms with Crippen LogP contribution in [-0.4, -0.2) is 23.5 Å². The number of ether oxygens (including phenoxy) is 1. The number of rotatable bonds is 5. The van der Waals surface area contributed by atoms with Gasteiger partial charge in [0.2, 0.25) is 5.91 Å². The molecule has 0 fully saturated rings. The van der Waals surface area contributed by atoms with Crippen LogP contribution in [0.2, 0.25) is 0 Å². The summed E-state index contributed by atoms with van der Waals surface area (Å²) in [5.74, 6) is 0.197. The highest BCUT2D eigenvalue weighted by atomic mass is 19.1. The zero-order valence-electron chi connectivity index (χ0n) is 16.8. The number of halogens is 1. The molecule has 5 heteroatoms. The Balaban J connectivity index is 1.27. The van der Waals surface area contributed by atoms with Crippen molar-refractivity contribution in [1.82, 2.24) is 10.3 Å². The van der Waals surface area contributed by atoms with Gasteiger partial charge in [-0.25, -0.2) is 4.39 Å². The van der Waals surface area contributed by atoms with Crippen LogP contribution in [0.5, 0.6) is 5.75 Å². The molecule has 1 aromatic heterocycles. The normalized spacial score (nSPS) is 14.8. The maximum absolute atomic E-state index is 14.4. The summed E-state index contributed by atoms with van der Waals surface area (Å²) in [6, 6.07) is 20.9. The van der Waals surface area contributed by atoms with Crippen LogP contribution in [0.4, 0.5) is 4.39 Å². The van der Waals surface area contributed by atoms with Gasteiger partial charge in [-0.2, -0.15) is 0 Å². The van der Waals surface area contributed by atoms with Gasteiger partial charge in [0.15, 0.2) is 0 Å². The molecule has 4 aromatic rings. The van der Waals surface area contributed by atoms with Gasteiger partial charge in [-0.1, -0.05) is 42.5 Å². The summed E-state index contributed by atoms with van der Waals surface area (Å²) < 4.78 is 20.5. The number of hydrogen-bond donors (Lipinski definition) is 1. The molecule has 1 amide bonds. The van der Waals surface area contributed by atoms with E-state index >= 15 is 0 Å². The van der Waals surface area contributed by atoms with Crippen LogP contribution in [0.1, 0.15) is 11.1 Å². The summed E-state index contributed by atoms with van der Waals surface area (Å²) in [6.45, 7) is 0.327. The van der Waals surface area contributed by atoms with Crippen LogP contribution in [0.25, 0.3) is 21.9 Å². The third kappa shape index (κ3) is 3.87. The van der Waals surface area contributed by atoms with Gasteiger partial charge in [-0.15, -0.1) is 0 Å². The molecule has 1 atom stereocenters. The molecule has 5 rings (SSSR count). The van der Waals surface area contributed by atoms with E-state index < -0.39 is 0 Å². The molecule has 1 N–H and O–H groups in total. The van der Waals surface area contributed by atoms with Crippen LogP contribution < -0.4 is 10.1 Å². The fourth-order valence-corrected chi connectivity index (χ4v) is 4.15. The minimum absolute atomic E-state index is 0.0780. The Morgan fingerprint density at radius 2 is 1.84 bits per heavy atom. The highest BCUT2D eigenvalue weighted by Gasteiger charge is 2.29. The molecule has 3 aromatic carbocycles. The lowest BCUT2D eigenvalue weighted by molar-refractivity contribution is -0.120. The lowest BCUT2D eigenvalue weighted by Crippen LogP contribution is -2.35. The first kappa shape index (κ1) is 19.2. The van der Waals surface area contributed by atoms with E-state index in [0.29, 0.717) is 24.3 Å². The summed E-state index contributed by atoms with van der Waals surface area (Å²) in [6.07, 6.45) is 3.81. The Hall–Kier alpha value is -3.73. The van der Waals surface area contributed by atoms with Crippen molar-refractivity contribution < 1.29 is 13.9 Å². The average molecular weight is 412 g/mol. The topological polar surface area (TPSA) is 51.2 Å². The summed E-state index contributed by atoms with van der Waals surface area (Å²) in [5, 5.41) is 5.14. The maximum atomic E-state index is 14.4. The molecule has 1 aliphatic rings. The van der Waals surface area contributed by atoms with Crippen molar-refractivity contribution in [2.75, 3.05) is 6.54 Å². The number of fused-ring (bicyclic) bond motifs is 2. The molecule has 0 radical (unpaired) electrons. The van der Waals surface area contributed by atoms with Gasteiger partial charge in [0, 0.05) is 29.9 Å². The first-order valence-corrected chi connectivity index (χ1v) is 10.3.